The molecule has 1 heterocycles. The van der Waals surface area contributed by atoms with Crippen LogP contribution in [0.25, 0.3) is 0 Å². The monoisotopic (exact) mass is 209 g/mol. The Morgan fingerprint density at radius 1 is 0.733 bits per heavy atom. The quantitative estimate of drug-likeness (QED) is 0.517. The van der Waals surface area contributed by atoms with Crippen LogP contribution in [-0.4, -0.2) is 17.4 Å². The minimum absolute atomic E-state index is 0. The summed E-state index contributed by atoms with van der Waals surface area (Å²) in [5.41, 5.74) is 2.54. The number of hydrogen-bond acceptors (Lipinski definition) is 1. The molecule has 0 fully saturated rings. The molecule has 3 rings (SSSR count). The Balaban J connectivity index is 0.000000853. The highest BCUT2D eigenvalue weighted by atomic mass is 27.0. The van der Waals surface area contributed by atoms with E-state index < -0.39 is 0 Å². The fraction of sp³-hybridized carbons (Fsp3) is 0.0769. The summed E-state index contributed by atoms with van der Waals surface area (Å²) in [7, 11) is 0. The highest BCUT2D eigenvalue weighted by Gasteiger charge is 2.14. The van der Waals surface area contributed by atoms with E-state index in [2.05, 4.69) is 24.3 Å². The third kappa shape index (κ3) is 1.79. The Labute approximate surface area is 99.8 Å². The molecule has 0 saturated heterocycles. The third-order valence-electron chi connectivity index (χ3n) is 2.55. The Morgan fingerprint density at radius 3 is 1.73 bits per heavy atom. The van der Waals surface area contributed by atoms with E-state index in [-0.39, 0.29) is 17.4 Å². The summed E-state index contributed by atoms with van der Waals surface area (Å²) in [5.74, 6) is 1.98. The van der Waals surface area contributed by atoms with Crippen molar-refractivity contribution < 1.29 is 4.74 Å². The fourth-order valence-electron chi connectivity index (χ4n) is 1.82. The molecular formula is C13H10AlO. The standard InChI is InChI=1S/C13H10O.Al/c1-3-7-12-10(5-1)9-11-6-2-4-8-13(11)14-12;/h1-8H,9H2;. The van der Waals surface area contributed by atoms with Crippen molar-refractivity contribution >= 4 is 17.4 Å². The Morgan fingerprint density at radius 2 is 1.20 bits per heavy atom. The normalized spacial score (nSPS) is 11.7. The van der Waals surface area contributed by atoms with E-state index in [0.717, 1.165) is 17.9 Å². The van der Waals surface area contributed by atoms with Gasteiger partial charge >= 0.3 is 0 Å². The summed E-state index contributed by atoms with van der Waals surface area (Å²) in [6, 6.07) is 16.4. The fourth-order valence-corrected chi connectivity index (χ4v) is 1.82. The number of para-hydroxylation sites is 2. The van der Waals surface area contributed by atoms with E-state index in [9.17, 15) is 0 Å². The molecule has 1 aliphatic rings. The summed E-state index contributed by atoms with van der Waals surface area (Å²) >= 11 is 0. The van der Waals surface area contributed by atoms with E-state index in [1.54, 1.807) is 0 Å². The van der Waals surface area contributed by atoms with Gasteiger partial charge in [0.2, 0.25) is 0 Å². The molecule has 15 heavy (non-hydrogen) atoms. The zero-order valence-electron chi connectivity index (χ0n) is 8.31. The maximum absolute atomic E-state index is 5.78. The average Bonchev–Trinajstić information content (AvgIpc) is 2.26. The number of benzene rings is 2. The lowest BCUT2D eigenvalue weighted by Gasteiger charge is -2.19. The Hall–Kier alpha value is -1.23. The summed E-state index contributed by atoms with van der Waals surface area (Å²) < 4.78 is 5.78. The summed E-state index contributed by atoms with van der Waals surface area (Å²) in [5, 5.41) is 0. The predicted octanol–water partition coefficient (Wildman–Crippen LogP) is 3.00. The topological polar surface area (TPSA) is 9.23 Å². The van der Waals surface area contributed by atoms with Crippen molar-refractivity contribution in [2.45, 2.75) is 6.42 Å². The van der Waals surface area contributed by atoms with E-state index in [1.165, 1.54) is 11.1 Å². The minimum atomic E-state index is 0. The maximum Gasteiger partial charge on any atom is 0.130 e. The molecule has 0 aliphatic carbocycles. The van der Waals surface area contributed by atoms with Crippen LogP contribution < -0.4 is 4.74 Å². The zero-order chi connectivity index (χ0) is 9.38. The molecule has 3 radical (unpaired) electrons. The van der Waals surface area contributed by atoms with Crippen molar-refractivity contribution in [3.8, 4) is 11.5 Å². The van der Waals surface area contributed by atoms with E-state index in [4.69, 9.17) is 4.74 Å². The second-order valence-electron chi connectivity index (χ2n) is 3.49. The van der Waals surface area contributed by atoms with E-state index >= 15 is 0 Å². The van der Waals surface area contributed by atoms with Crippen LogP contribution in [0.4, 0.5) is 0 Å². The van der Waals surface area contributed by atoms with Gasteiger partial charge in [-0.25, -0.2) is 0 Å². The Bertz CT molecular complexity index is 392. The molecule has 0 saturated carbocycles. The van der Waals surface area contributed by atoms with Gasteiger partial charge in [0, 0.05) is 23.8 Å². The number of fused-ring (bicyclic) bond motifs is 2. The van der Waals surface area contributed by atoms with Crippen molar-refractivity contribution in [2.75, 3.05) is 0 Å². The van der Waals surface area contributed by atoms with Crippen LogP contribution in [0, 0.1) is 0 Å². The first-order chi connectivity index (χ1) is 6.93. The number of hydrogen-bond donors (Lipinski definition) is 0. The summed E-state index contributed by atoms with van der Waals surface area (Å²) in [6.45, 7) is 0. The second-order valence-corrected chi connectivity index (χ2v) is 3.49. The first-order valence-electron chi connectivity index (χ1n) is 4.77. The molecule has 1 aliphatic heterocycles. The van der Waals surface area contributed by atoms with Gasteiger partial charge in [0.15, 0.2) is 0 Å². The van der Waals surface area contributed by atoms with Crippen LogP contribution in [0.2, 0.25) is 0 Å². The highest BCUT2D eigenvalue weighted by Crippen LogP contribution is 2.35. The van der Waals surface area contributed by atoms with Gasteiger partial charge in [0.25, 0.3) is 0 Å². The molecule has 1 nitrogen and oxygen atoms in total. The minimum Gasteiger partial charge on any atom is -0.457 e. The van der Waals surface area contributed by atoms with Crippen molar-refractivity contribution in [2.24, 2.45) is 0 Å². The second kappa shape index (κ2) is 4.10. The summed E-state index contributed by atoms with van der Waals surface area (Å²) in [4.78, 5) is 0. The van der Waals surface area contributed by atoms with Gasteiger partial charge in [-0.2, -0.15) is 0 Å². The van der Waals surface area contributed by atoms with E-state index in [1.807, 2.05) is 24.3 Å². The lowest BCUT2D eigenvalue weighted by atomic mass is 10.0. The SMILES string of the molecule is [Al].c1ccc2c(c1)Cc1ccccc1O2. The number of rotatable bonds is 0. The molecule has 0 N–H and O–H groups in total. The lowest BCUT2D eigenvalue weighted by Crippen LogP contribution is -2.01. The highest BCUT2D eigenvalue weighted by molar-refractivity contribution is 5.75. The van der Waals surface area contributed by atoms with Crippen LogP contribution in [-0.2, 0) is 6.42 Å². The lowest BCUT2D eigenvalue weighted by molar-refractivity contribution is 0.460. The van der Waals surface area contributed by atoms with Gasteiger partial charge in [-0.1, -0.05) is 36.4 Å². The molecule has 0 amide bonds. The molecule has 0 atom stereocenters. The van der Waals surface area contributed by atoms with Crippen LogP contribution in [0.3, 0.4) is 0 Å². The predicted molar refractivity (Wildman–Crippen MR) is 61.5 cm³/mol. The van der Waals surface area contributed by atoms with Crippen LogP contribution in [0.15, 0.2) is 48.5 Å². The Kier molecular flexibility index (Phi) is 2.82. The van der Waals surface area contributed by atoms with Crippen molar-refractivity contribution in [1.29, 1.82) is 0 Å². The molecule has 2 aromatic rings. The smallest absolute Gasteiger partial charge is 0.130 e. The third-order valence-corrected chi connectivity index (χ3v) is 2.55. The van der Waals surface area contributed by atoms with Gasteiger partial charge in [-0.3, -0.25) is 0 Å². The van der Waals surface area contributed by atoms with Gasteiger partial charge in [-0.15, -0.1) is 0 Å². The van der Waals surface area contributed by atoms with Gasteiger partial charge in [0.1, 0.15) is 11.5 Å². The molecule has 0 unspecified atom stereocenters. The first-order valence-corrected chi connectivity index (χ1v) is 4.77. The van der Waals surface area contributed by atoms with Gasteiger partial charge in [-0.05, 0) is 23.3 Å². The van der Waals surface area contributed by atoms with Crippen molar-refractivity contribution in [1.82, 2.24) is 0 Å². The van der Waals surface area contributed by atoms with E-state index in [0.29, 0.717) is 0 Å². The largest absolute Gasteiger partial charge is 0.457 e. The molecule has 0 aromatic heterocycles. The first kappa shape index (κ1) is 10.3. The molecule has 71 valence electrons. The molecule has 2 heteroatoms. The van der Waals surface area contributed by atoms with Crippen LogP contribution >= 0.6 is 0 Å². The van der Waals surface area contributed by atoms with Gasteiger partial charge < -0.3 is 4.74 Å². The maximum atomic E-state index is 5.78. The number of ether oxygens (including phenoxy) is 1. The summed E-state index contributed by atoms with van der Waals surface area (Å²) in [6.07, 6.45) is 0.979. The zero-order valence-corrected chi connectivity index (χ0v) is 9.47. The molecule has 2 aromatic carbocycles. The van der Waals surface area contributed by atoms with Crippen LogP contribution in [0.1, 0.15) is 11.1 Å². The van der Waals surface area contributed by atoms with Crippen molar-refractivity contribution in [3.63, 3.8) is 0 Å². The van der Waals surface area contributed by atoms with Gasteiger partial charge in [0.05, 0.1) is 0 Å². The van der Waals surface area contributed by atoms with Crippen molar-refractivity contribution in [3.05, 3.63) is 59.7 Å². The van der Waals surface area contributed by atoms with Crippen LogP contribution in [0.5, 0.6) is 11.5 Å². The average molecular weight is 209 g/mol. The molecule has 0 spiro atoms. The molecular weight excluding hydrogens is 199 g/mol. The molecule has 0 bridgehead atoms.